The van der Waals surface area contributed by atoms with Crippen molar-refractivity contribution in [3.05, 3.63) is 65.5 Å². The number of anilines is 1. The zero-order chi connectivity index (χ0) is 15.4. The molecule has 2 rings (SSSR count). The van der Waals surface area contributed by atoms with E-state index < -0.39 is 23.6 Å². The van der Waals surface area contributed by atoms with Gasteiger partial charge in [0, 0.05) is 0 Å². The number of nitrogens with one attached hydrogen (secondary N) is 1. The van der Waals surface area contributed by atoms with Gasteiger partial charge in [0.15, 0.2) is 0 Å². The lowest BCUT2D eigenvalue weighted by Gasteiger charge is -2.14. The Kier molecular flexibility index (Phi) is 4.33. The number of carbonyl (C=O) groups is 2. The second-order valence-corrected chi connectivity index (χ2v) is 4.62. The number of hydrogen-bond donors (Lipinski definition) is 2. The Morgan fingerprint density at radius 1 is 1.14 bits per heavy atom. The first kappa shape index (κ1) is 14.7. The highest BCUT2D eigenvalue weighted by Crippen LogP contribution is 2.21. The molecule has 0 heterocycles. The molecule has 0 aliphatic heterocycles. The van der Waals surface area contributed by atoms with E-state index in [9.17, 15) is 14.0 Å². The second kappa shape index (κ2) is 6.17. The number of carbonyl (C=O) groups excluding carboxylic acids is 1. The molecule has 2 aromatic carbocycles. The van der Waals surface area contributed by atoms with Crippen LogP contribution in [-0.2, 0) is 4.79 Å². The zero-order valence-corrected chi connectivity index (χ0v) is 11.3. The molecule has 0 saturated heterocycles. The van der Waals surface area contributed by atoms with E-state index in [2.05, 4.69) is 5.32 Å². The minimum atomic E-state index is -1.22. The second-order valence-electron chi connectivity index (χ2n) is 4.62. The van der Waals surface area contributed by atoms with Crippen molar-refractivity contribution in [3.63, 3.8) is 0 Å². The molecule has 0 aliphatic rings. The molecule has 1 unspecified atom stereocenters. The summed E-state index contributed by atoms with van der Waals surface area (Å²) in [7, 11) is 0. The molecule has 21 heavy (non-hydrogen) atoms. The fourth-order valence-electron chi connectivity index (χ4n) is 1.94. The predicted molar refractivity (Wildman–Crippen MR) is 76.8 cm³/mol. The van der Waals surface area contributed by atoms with Crippen molar-refractivity contribution in [2.45, 2.75) is 12.8 Å². The maximum Gasteiger partial charge on any atom is 0.337 e. The Bertz CT molecular complexity index is 670. The fraction of sp³-hybridized carbons (Fsp3) is 0.125. The van der Waals surface area contributed by atoms with Gasteiger partial charge in [0.05, 0.1) is 17.2 Å². The summed E-state index contributed by atoms with van der Waals surface area (Å²) in [6.45, 7) is 1.70. The lowest BCUT2D eigenvalue weighted by atomic mass is 10.00. The number of halogens is 1. The summed E-state index contributed by atoms with van der Waals surface area (Å²) in [4.78, 5) is 23.3. The van der Waals surface area contributed by atoms with Crippen molar-refractivity contribution < 1.29 is 19.1 Å². The van der Waals surface area contributed by atoms with Gasteiger partial charge < -0.3 is 10.4 Å². The van der Waals surface area contributed by atoms with Gasteiger partial charge in [-0.2, -0.15) is 0 Å². The molecule has 0 bridgehead atoms. The molecule has 0 aromatic heterocycles. The third-order valence-corrected chi connectivity index (χ3v) is 3.16. The average molecular weight is 287 g/mol. The van der Waals surface area contributed by atoms with Gasteiger partial charge in [-0.05, 0) is 30.7 Å². The summed E-state index contributed by atoms with van der Waals surface area (Å²) in [5.41, 5.74) is 0.601. The van der Waals surface area contributed by atoms with Crippen molar-refractivity contribution >= 4 is 17.6 Å². The highest BCUT2D eigenvalue weighted by molar-refractivity contribution is 6.02. The van der Waals surface area contributed by atoms with Crippen LogP contribution < -0.4 is 5.32 Å². The van der Waals surface area contributed by atoms with Crippen LogP contribution in [0.5, 0.6) is 0 Å². The summed E-state index contributed by atoms with van der Waals surface area (Å²) in [6.07, 6.45) is 0. The molecule has 0 saturated carbocycles. The molecule has 1 atom stereocenters. The van der Waals surface area contributed by atoms with Gasteiger partial charge in [-0.1, -0.05) is 30.3 Å². The van der Waals surface area contributed by atoms with E-state index in [1.54, 1.807) is 19.1 Å². The van der Waals surface area contributed by atoms with Crippen molar-refractivity contribution in [2.75, 3.05) is 5.32 Å². The van der Waals surface area contributed by atoms with Gasteiger partial charge in [0.1, 0.15) is 5.82 Å². The molecular weight excluding hydrogens is 273 g/mol. The Hall–Kier alpha value is -2.69. The van der Waals surface area contributed by atoms with E-state index in [4.69, 9.17) is 5.11 Å². The Labute approximate surface area is 121 Å². The lowest BCUT2D eigenvalue weighted by molar-refractivity contribution is -0.117. The fourth-order valence-corrected chi connectivity index (χ4v) is 1.94. The summed E-state index contributed by atoms with van der Waals surface area (Å²) in [6, 6.07) is 12.2. The summed E-state index contributed by atoms with van der Waals surface area (Å²) >= 11 is 0. The van der Waals surface area contributed by atoms with Gasteiger partial charge in [0.25, 0.3) is 0 Å². The van der Waals surface area contributed by atoms with E-state index in [0.717, 1.165) is 23.8 Å². The van der Waals surface area contributed by atoms with Gasteiger partial charge in [-0.25, -0.2) is 9.18 Å². The molecule has 108 valence electrons. The molecular formula is C16H14FNO3. The maximum atomic E-state index is 13.2. The number of carboxylic acids is 1. The highest BCUT2D eigenvalue weighted by Gasteiger charge is 2.18. The molecule has 0 spiro atoms. The van der Waals surface area contributed by atoms with Gasteiger partial charge >= 0.3 is 5.97 Å². The van der Waals surface area contributed by atoms with Crippen molar-refractivity contribution in [1.29, 1.82) is 0 Å². The van der Waals surface area contributed by atoms with Gasteiger partial charge in [-0.3, -0.25) is 4.79 Å². The summed E-state index contributed by atoms with van der Waals surface area (Å²) in [5, 5.41) is 11.5. The van der Waals surface area contributed by atoms with Crippen LogP contribution in [-0.4, -0.2) is 17.0 Å². The lowest BCUT2D eigenvalue weighted by Crippen LogP contribution is -2.20. The molecule has 0 fully saturated rings. The van der Waals surface area contributed by atoms with Crippen molar-refractivity contribution in [2.24, 2.45) is 0 Å². The number of benzene rings is 2. The number of rotatable bonds is 4. The molecule has 4 nitrogen and oxygen atoms in total. The van der Waals surface area contributed by atoms with Crippen LogP contribution >= 0.6 is 0 Å². The third kappa shape index (κ3) is 3.45. The van der Waals surface area contributed by atoms with Crippen LogP contribution in [0.25, 0.3) is 0 Å². The van der Waals surface area contributed by atoms with Crippen LogP contribution in [0.15, 0.2) is 48.5 Å². The quantitative estimate of drug-likeness (QED) is 0.907. The normalized spacial score (nSPS) is 11.7. The van der Waals surface area contributed by atoms with E-state index in [-0.39, 0.29) is 11.3 Å². The summed E-state index contributed by atoms with van der Waals surface area (Å²) in [5.74, 6) is -2.70. The van der Waals surface area contributed by atoms with Gasteiger partial charge in [-0.15, -0.1) is 0 Å². The SMILES string of the molecule is CC(C(=O)Nc1cc(F)ccc1C(=O)O)c1ccccc1. The smallest absolute Gasteiger partial charge is 0.337 e. The largest absolute Gasteiger partial charge is 0.478 e. The highest BCUT2D eigenvalue weighted by atomic mass is 19.1. The van der Waals surface area contributed by atoms with Crippen LogP contribution in [0.2, 0.25) is 0 Å². The summed E-state index contributed by atoms with van der Waals surface area (Å²) < 4.78 is 13.2. The molecule has 2 aromatic rings. The topological polar surface area (TPSA) is 66.4 Å². The number of aromatic carboxylic acids is 1. The van der Waals surface area contributed by atoms with Crippen LogP contribution in [0.3, 0.4) is 0 Å². The van der Waals surface area contributed by atoms with E-state index in [1.165, 1.54) is 0 Å². The monoisotopic (exact) mass is 287 g/mol. The molecule has 5 heteroatoms. The van der Waals surface area contributed by atoms with Crippen molar-refractivity contribution in [1.82, 2.24) is 0 Å². The minimum Gasteiger partial charge on any atom is -0.478 e. The Morgan fingerprint density at radius 2 is 1.81 bits per heavy atom. The van der Waals surface area contributed by atoms with E-state index >= 15 is 0 Å². The minimum absolute atomic E-state index is 0.0460. The molecule has 1 amide bonds. The maximum absolute atomic E-state index is 13.2. The van der Waals surface area contributed by atoms with Crippen LogP contribution in [0.4, 0.5) is 10.1 Å². The first-order chi connectivity index (χ1) is 9.99. The van der Waals surface area contributed by atoms with E-state index in [0.29, 0.717) is 0 Å². The molecule has 0 radical (unpaired) electrons. The predicted octanol–water partition coefficient (Wildman–Crippen LogP) is 3.27. The number of carboxylic acid groups (broad SMARTS) is 1. The Morgan fingerprint density at radius 3 is 2.43 bits per heavy atom. The molecule has 2 N–H and O–H groups in total. The zero-order valence-electron chi connectivity index (χ0n) is 11.3. The standard InChI is InChI=1S/C16H14FNO3/c1-10(11-5-3-2-4-6-11)15(19)18-14-9-12(17)7-8-13(14)16(20)21/h2-10H,1H3,(H,18,19)(H,20,21). The number of amides is 1. The van der Waals surface area contributed by atoms with Crippen molar-refractivity contribution in [3.8, 4) is 0 Å². The third-order valence-electron chi connectivity index (χ3n) is 3.16. The molecule has 0 aliphatic carbocycles. The first-order valence-corrected chi connectivity index (χ1v) is 6.37. The van der Waals surface area contributed by atoms with Crippen LogP contribution in [0, 0.1) is 5.82 Å². The first-order valence-electron chi connectivity index (χ1n) is 6.37. The number of hydrogen-bond acceptors (Lipinski definition) is 2. The Balaban J connectivity index is 2.24. The van der Waals surface area contributed by atoms with E-state index in [1.807, 2.05) is 18.2 Å². The average Bonchev–Trinajstić information content (AvgIpc) is 2.47. The van der Waals surface area contributed by atoms with Crippen LogP contribution in [0.1, 0.15) is 28.8 Å². The van der Waals surface area contributed by atoms with Gasteiger partial charge in [0.2, 0.25) is 5.91 Å².